The molecule has 3 rings (SSSR count). The van der Waals surface area contributed by atoms with Crippen molar-refractivity contribution in [3.63, 3.8) is 0 Å². The molecule has 22 heavy (non-hydrogen) atoms. The first-order chi connectivity index (χ1) is 10.7. The molecule has 1 N–H and O–H groups in total. The summed E-state index contributed by atoms with van der Waals surface area (Å²) in [6.45, 7) is -0.113. The zero-order valence-electron chi connectivity index (χ0n) is 11.8. The van der Waals surface area contributed by atoms with E-state index in [-0.39, 0.29) is 30.8 Å². The number of nitrogens with zero attached hydrogens (tertiary/aromatic N) is 1. The topological polar surface area (TPSA) is 66.5 Å². The van der Waals surface area contributed by atoms with E-state index < -0.39 is 0 Å². The van der Waals surface area contributed by atoms with E-state index >= 15 is 0 Å². The van der Waals surface area contributed by atoms with Gasteiger partial charge in [-0.2, -0.15) is 0 Å². The van der Waals surface area contributed by atoms with Gasteiger partial charge in [-0.25, -0.2) is 0 Å². The molecule has 3 amide bonds. The van der Waals surface area contributed by atoms with Gasteiger partial charge in [-0.05, 0) is 17.7 Å². The molecule has 2 aromatic rings. The summed E-state index contributed by atoms with van der Waals surface area (Å²) in [5.74, 6) is -0.982. The molecule has 0 aliphatic carbocycles. The summed E-state index contributed by atoms with van der Waals surface area (Å²) >= 11 is 0. The Bertz CT molecular complexity index is 706. The molecule has 0 saturated heterocycles. The molecule has 0 unspecified atom stereocenters. The minimum atomic E-state index is -0.374. The number of benzene rings is 2. The molecule has 0 spiro atoms. The maximum atomic E-state index is 12.1. The zero-order valence-corrected chi connectivity index (χ0v) is 11.8. The van der Waals surface area contributed by atoms with Crippen molar-refractivity contribution in [1.29, 1.82) is 0 Å². The predicted octanol–water partition coefficient (Wildman–Crippen LogP) is 1.60. The third-order valence-corrected chi connectivity index (χ3v) is 3.52. The van der Waals surface area contributed by atoms with Gasteiger partial charge in [-0.3, -0.25) is 19.3 Å². The van der Waals surface area contributed by atoms with Crippen LogP contribution in [0.5, 0.6) is 0 Å². The number of nitrogens with one attached hydrogen (secondary N) is 1. The highest BCUT2D eigenvalue weighted by Crippen LogP contribution is 2.21. The summed E-state index contributed by atoms with van der Waals surface area (Å²) in [6, 6.07) is 15.9. The van der Waals surface area contributed by atoms with Crippen LogP contribution in [0.1, 0.15) is 26.3 Å². The quantitative estimate of drug-likeness (QED) is 0.871. The molecule has 0 fully saturated rings. The molecule has 5 nitrogen and oxygen atoms in total. The van der Waals surface area contributed by atoms with Crippen molar-refractivity contribution in [3.8, 4) is 0 Å². The zero-order chi connectivity index (χ0) is 15.5. The lowest BCUT2D eigenvalue weighted by Gasteiger charge is -2.14. The fraction of sp³-hybridized carbons (Fsp3) is 0.118. The van der Waals surface area contributed by atoms with Crippen LogP contribution >= 0.6 is 0 Å². The number of imide groups is 1. The first kappa shape index (κ1) is 14.0. The van der Waals surface area contributed by atoms with Gasteiger partial charge in [0.05, 0.1) is 17.5 Å². The van der Waals surface area contributed by atoms with E-state index in [0.29, 0.717) is 11.1 Å². The number of hydrogen-bond acceptors (Lipinski definition) is 3. The Labute approximate surface area is 127 Å². The number of hydrogen-bond donors (Lipinski definition) is 1. The van der Waals surface area contributed by atoms with Gasteiger partial charge in [0.2, 0.25) is 5.91 Å². The van der Waals surface area contributed by atoms with Crippen molar-refractivity contribution in [2.45, 2.75) is 6.42 Å². The van der Waals surface area contributed by atoms with Gasteiger partial charge in [0.1, 0.15) is 6.67 Å². The molecule has 1 aliphatic heterocycles. The fourth-order valence-electron chi connectivity index (χ4n) is 2.39. The first-order valence-electron chi connectivity index (χ1n) is 6.92. The van der Waals surface area contributed by atoms with E-state index in [2.05, 4.69) is 5.32 Å². The van der Waals surface area contributed by atoms with Crippen molar-refractivity contribution in [2.24, 2.45) is 0 Å². The van der Waals surface area contributed by atoms with Gasteiger partial charge in [0, 0.05) is 0 Å². The largest absolute Gasteiger partial charge is 0.338 e. The van der Waals surface area contributed by atoms with E-state index in [0.717, 1.165) is 10.5 Å². The van der Waals surface area contributed by atoms with Crippen molar-refractivity contribution < 1.29 is 14.4 Å². The Morgan fingerprint density at radius 2 is 1.41 bits per heavy atom. The van der Waals surface area contributed by atoms with Crippen LogP contribution in [0, 0.1) is 0 Å². The maximum absolute atomic E-state index is 12.1. The van der Waals surface area contributed by atoms with Gasteiger partial charge >= 0.3 is 0 Å². The maximum Gasteiger partial charge on any atom is 0.263 e. The second kappa shape index (κ2) is 5.81. The minimum absolute atomic E-state index is 0.113. The molecular formula is C17H14N2O3. The number of amides is 3. The summed E-state index contributed by atoms with van der Waals surface area (Å²) in [4.78, 5) is 37.2. The Hall–Kier alpha value is -2.95. The number of fused-ring (bicyclic) bond motifs is 1. The molecule has 2 aromatic carbocycles. The summed E-state index contributed by atoms with van der Waals surface area (Å²) in [5, 5.41) is 2.61. The van der Waals surface area contributed by atoms with Gasteiger partial charge in [-0.15, -0.1) is 0 Å². The van der Waals surface area contributed by atoms with Crippen LogP contribution < -0.4 is 5.32 Å². The van der Waals surface area contributed by atoms with Crippen molar-refractivity contribution in [3.05, 3.63) is 71.3 Å². The van der Waals surface area contributed by atoms with Crippen LogP contribution in [0.4, 0.5) is 0 Å². The molecule has 1 aliphatic rings. The van der Waals surface area contributed by atoms with Crippen LogP contribution in [0.15, 0.2) is 54.6 Å². The van der Waals surface area contributed by atoms with Gasteiger partial charge in [-0.1, -0.05) is 42.5 Å². The van der Waals surface area contributed by atoms with Crippen molar-refractivity contribution >= 4 is 17.7 Å². The smallest absolute Gasteiger partial charge is 0.263 e. The molecule has 0 bridgehead atoms. The summed E-state index contributed by atoms with van der Waals surface area (Å²) in [6.07, 6.45) is 0.212. The Kier molecular flexibility index (Phi) is 3.70. The summed E-state index contributed by atoms with van der Waals surface area (Å²) in [7, 11) is 0. The molecule has 0 atom stereocenters. The number of carbonyl (C=O) groups excluding carboxylic acids is 3. The molecule has 5 heteroatoms. The second-order valence-electron chi connectivity index (χ2n) is 5.00. The molecular weight excluding hydrogens is 280 g/mol. The van der Waals surface area contributed by atoms with Crippen LogP contribution in [0.3, 0.4) is 0 Å². The van der Waals surface area contributed by atoms with Crippen molar-refractivity contribution in [2.75, 3.05) is 6.67 Å². The highest BCUT2D eigenvalue weighted by molar-refractivity contribution is 6.21. The lowest BCUT2D eigenvalue weighted by Crippen LogP contribution is -2.41. The number of carbonyl (C=O) groups is 3. The SMILES string of the molecule is O=C(Cc1ccccc1)NCN1C(=O)c2ccccc2C1=O. The third-order valence-electron chi connectivity index (χ3n) is 3.52. The van der Waals surface area contributed by atoms with E-state index in [1.165, 1.54) is 0 Å². The third kappa shape index (κ3) is 2.61. The molecule has 110 valence electrons. The Morgan fingerprint density at radius 1 is 0.864 bits per heavy atom. The number of rotatable bonds is 4. The van der Waals surface area contributed by atoms with Crippen LogP contribution in [0.25, 0.3) is 0 Å². The van der Waals surface area contributed by atoms with Crippen LogP contribution in [0.2, 0.25) is 0 Å². The standard InChI is InChI=1S/C17H14N2O3/c20-15(10-12-6-2-1-3-7-12)18-11-19-16(21)13-8-4-5-9-14(13)17(19)22/h1-9H,10-11H2,(H,18,20). The lowest BCUT2D eigenvalue weighted by molar-refractivity contribution is -0.120. The first-order valence-corrected chi connectivity index (χ1v) is 6.92. The van der Waals surface area contributed by atoms with Crippen molar-refractivity contribution in [1.82, 2.24) is 10.2 Å². The Morgan fingerprint density at radius 3 is 2.00 bits per heavy atom. The molecule has 1 heterocycles. The predicted molar refractivity (Wildman–Crippen MR) is 80.1 cm³/mol. The van der Waals surface area contributed by atoms with Gasteiger partial charge < -0.3 is 5.32 Å². The molecule has 0 radical (unpaired) electrons. The summed E-state index contributed by atoms with van der Waals surface area (Å²) < 4.78 is 0. The Balaban J connectivity index is 1.62. The summed E-state index contributed by atoms with van der Waals surface area (Å²) in [5.41, 5.74) is 1.64. The average Bonchev–Trinajstić information content (AvgIpc) is 2.78. The van der Waals surface area contributed by atoms with E-state index in [9.17, 15) is 14.4 Å². The fourth-order valence-corrected chi connectivity index (χ4v) is 2.39. The van der Waals surface area contributed by atoms with Crippen LogP contribution in [-0.2, 0) is 11.2 Å². The highest BCUT2D eigenvalue weighted by Gasteiger charge is 2.34. The monoisotopic (exact) mass is 294 g/mol. The van der Waals surface area contributed by atoms with E-state index in [1.807, 2.05) is 30.3 Å². The van der Waals surface area contributed by atoms with Gasteiger partial charge in [0.15, 0.2) is 0 Å². The lowest BCUT2D eigenvalue weighted by atomic mass is 10.1. The minimum Gasteiger partial charge on any atom is -0.338 e. The van der Waals surface area contributed by atoms with E-state index in [1.54, 1.807) is 24.3 Å². The highest BCUT2D eigenvalue weighted by atomic mass is 16.2. The normalized spacial score (nSPS) is 13.2. The molecule has 0 aromatic heterocycles. The van der Waals surface area contributed by atoms with Gasteiger partial charge in [0.25, 0.3) is 11.8 Å². The van der Waals surface area contributed by atoms with E-state index in [4.69, 9.17) is 0 Å². The molecule has 0 saturated carbocycles. The van der Waals surface area contributed by atoms with Crippen LogP contribution in [-0.4, -0.2) is 29.3 Å². The second-order valence-corrected chi connectivity index (χ2v) is 5.00. The average molecular weight is 294 g/mol.